The molecule has 168 valence electrons. The van der Waals surface area contributed by atoms with Crippen molar-refractivity contribution in [2.45, 2.75) is 12.8 Å². The number of hydrogen-bond donors (Lipinski definition) is 1. The summed E-state index contributed by atoms with van der Waals surface area (Å²) in [7, 11) is 0. The second-order valence-corrected chi connectivity index (χ2v) is 8.93. The zero-order valence-electron chi connectivity index (χ0n) is 19.6. The highest BCUT2D eigenvalue weighted by Crippen LogP contribution is 2.39. The Morgan fingerprint density at radius 1 is 0.457 bits per heavy atom. The van der Waals surface area contributed by atoms with Crippen LogP contribution in [0.15, 0.2) is 133 Å². The predicted octanol–water partition coefficient (Wildman–Crippen LogP) is 9.65. The summed E-state index contributed by atoms with van der Waals surface area (Å²) < 4.78 is 0. The van der Waals surface area contributed by atoms with Gasteiger partial charge in [0.25, 0.3) is 0 Å². The Morgan fingerprint density at radius 3 is 1.94 bits per heavy atom. The van der Waals surface area contributed by atoms with E-state index in [1.54, 1.807) is 0 Å². The van der Waals surface area contributed by atoms with Crippen LogP contribution < -0.4 is 5.32 Å². The summed E-state index contributed by atoms with van der Waals surface area (Å²) in [6, 6.07) is 41.1. The summed E-state index contributed by atoms with van der Waals surface area (Å²) in [4.78, 5) is 0. The molecule has 0 bridgehead atoms. The Bertz CT molecular complexity index is 1560. The zero-order chi connectivity index (χ0) is 23.5. The molecule has 0 saturated heterocycles. The van der Waals surface area contributed by atoms with Gasteiger partial charge >= 0.3 is 0 Å². The van der Waals surface area contributed by atoms with E-state index in [0.29, 0.717) is 0 Å². The molecule has 0 aliphatic heterocycles. The zero-order valence-corrected chi connectivity index (χ0v) is 19.6. The molecule has 0 amide bonds. The molecule has 1 aliphatic carbocycles. The quantitative estimate of drug-likeness (QED) is 0.282. The van der Waals surface area contributed by atoms with Crippen LogP contribution in [-0.2, 0) is 0 Å². The molecule has 5 aromatic carbocycles. The third-order valence-corrected chi connectivity index (χ3v) is 6.73. The summed E-state index contributed by atoms with van der Waals surface area (Å²) in [6.07, 6.45) is 9.10. The molecule has 0 heterocycles. The van der Waals surface area contributed by atoms with Gasteiger partial charge in [-0.3, -0.25) is 0 Å². The van der Waals surface area contributed by atoms with Crippen molar-refractivity contribution in [1.29, 1.82) is 0 Å². The Hall–Kier alpha value is -4.36. The van der Waals surface area contributed by atoms with Gasteiger partial charge in [-0.05, 0) is 58.2 Å². The van der Waals surface area contributed by atoms with Crippen molar-refractivity contribution in [2.24, 2.45) is 0 Å². The van der Waals surface area contributed by atoms with E-state index in [9.17, 15) is 0 Å². The maximum absolute atomic E-state index is 3.79. The summed E-state index contributed by atoms with van der Waals surface area (Å²) >= 11 is 0. The number of nitrogens with one attached hydrogen (secondary N) is 1. The Balaban J connectivity index is 1.45. The first kappa shape index (κ1) is 21.2. The van der Waals surface area contributed by atoms with Crippen LogP contribution in [0.2, 0.25) is 0 Å². The van der Waals surface area contributed by atoms with Crippen molar-refractivity contribution in [3.8, 4) is 22.3 Å². The van der Waals surface area contributed by atoms with Crippen molar-refractivity contribution in [3.63, 3.8) is 0 Å². The first-order valence-corrected chi connectivity index (χ1v) is 12.3. The van der Waals surface area contributed by atoms with Crippen LogP contribution in [-0.4, -0.2) is 0 Å². The molecule has 0 spiro atoms. The molecule has 1 N–H and O–H groups in total. The van der Waals surface area contributed by atoms with Gasteiger partial charge in [-0.15, -0.1) is 0 Å². The minimum absolute atomic E-state index is 1.10. The number of hydrogen-bond acceptors (Lipinski definition) is 1. The van der Waals surface area contributed by atoms with E-state index in [1.807, 2.05) is 0 Å². The van der Waals surface area contributed by atoms with Crippen LogP contribution in [0, 0.1) is 0 Å². The van der Waals surface area contributed by atoms with E-state index < -0.39 is 0 Å². The average molecular weight is 450 g/mol. The van der Waals surface area contributed by atoms with Gasteiger partial charge in [0.2, 0.25) is 0 Å². The standard InChI is InChI=1S/C34H27N/c1-3-13-25(14-4-1)27-17-7-8-18-29(27)31-21-11-12-22-33(31)35-34-24-23-28(26-15-5-2-6-16-26)30-19-9-10-20-32(30)34/h2-3,5-24,35H,1,4H2. The maximum atomic E-state index is 3.79. The molecule has 5 aromatic rings. The molecule has 1 aliphatic rings. The van der Waals surface area contributed by atoms with Gasteiger partial charge in [0, 0.05) is 22.3 Å². The van der Waals surface area contributed by atoms with E-state index >= 15 is 0 Å². The highest BCUT2D eigenvalue weighted by atomic mass is 14.9. The van der Waals surface area contributed by atoms with Crippen LogP contribution in [0.3, 0.4) is 0 Å². The van der Waals surface area contributed by atoms with E-state index in [0.717, 1.165) is 24.2 Å². The summed E-state index contributed by atoms with van der Waals surface area (Å²) in [6.45, 7) is 0. The van der Waals surface area contributed by atoms with Gasteiger partial charge in [-0.1, -0.05) is 121 Å². The van der Waals surface area contributed by atoms with Crippen LogP contribution in [0.1, 0.15) is 18.4 Å². The largest absolute Gasteiger partial charge is 0.355 e. The summed E-state index contributed by atoms with van der Waals surface area (Å²) in [5.41, 5.74) is 9.75. The molecule has 1 heteroatoms. The number of allylic oxidation sites excluding steroid dienone is 4. The van der Waals surface area contributed by atoms with Crippen LogP contribution in [0.25, 0.3) is 38.6 Å². The van der Waals surface area contributed by atoms with Gasteiger partial charge in [0.05, 0.1) is 0 Å². The smallest absolute Gasteiger partial charge is 0.0464 e. The molecular weight excluding hydrogens is 422 g/mol. The molecule has 0 aromatic heterocycles. The lowest BCUT2D eigenvalue weighted by Crippen LogP contribution is -1.97. The minimum Gasteiger partial charge on any atom is -0.355 e. The van der Waals surface area contributed by atoms with E-state index in [4.69, 9.17) is 0 Å². The lowest BCUT2D eigenvalue weighted by Gasteiger charge is -2.18. The Kier molecular flexibility index (Phi) is 5.74. The van der Waals surface area contributed by atoms with Crippen molar-refractivity contribution in [3.05, 3.63) is 139 Å². The maximum Gasteiger partial charge on any atom is 0.0464 e. The third-order valence-electron chi connectivity index (χ3n) is 6.73. The fourth-order valence-electron chi connectivity index (χ4n) is 5.03. The summed E-state index contributed by atoms with van der Waals surface area (Å²) in [5.74, 6) is 0. The second-order valence-electron chi connectivity index (χ2n) is 8.93. The van der Waals surface area contributed by atoms with Crippen LogP contribution in [0.5, 0.6) is 0 Å². The lowest BCUT2D eigenvalue weighted by atomic mass is 9.91. The van der Waals surface area contributed by atoms with E-state index in [2.05, 4.69) is 139 Å². The monoisotopic (exact) mass is 449 g/mol. The fourth-order valence-corrected chi connectivity index (χ4v) is 5.03. The minimum atomic E-state index is 1.10. The molecule has 35 heavy (non-hydrogen) atoms. The van der Waals surface area contributed by atoms with Crippen molar-refractivity contribution in [2.75, 3.05) is 5.32 Å². The van der Waals surface area contributed by atoms with Crippen molar-refractivity contribution in [1.82, 2.24) is 0 Å². The Morgan fingerprint density at radius 2 is 1.14 bits per heavy atom. The lowest BCUT2D eigenvalue weighted by molar-refractivity contribution is 1.04. The molecule has 0 atom stereocenters. The van der Waals surface area contributed by atoms with Crippen LogP contribution in [0.4, 0.5) is 11.4 Å². The first-order chi connectivity index (χ1) is 17.4. The topological polar surface area (TPSA) is 12.0 Å². The number of anilines is 2. The molecule has 6 rings (SSSR count). The highest BCUT2D eigenvalue weighted by molar-refractivity contribution is 6.05. The molecule has 0 unspecified atom stereocenters. The van der Waals surface area contributed by atoms with Gasteiger partial charge in [-0.25, -0.2) is 0 Å². The van der Waals surface area contributed by atoms with Gasteiger partial charge in [0.1, 0.15) is 0 Å². The van der Waals surface area contributed by atoms with E-state index in [-0.39, 0.29) is 0 Å². The number of fused-ring (bicyclic) bond motifs is 1. The normalized spacial score (nSPS) is 13.0. The third kappa shape index (κ3) is 4.18. The van der Waals surface area contributed by atoms with E-state index in [1.165, 1.54) is 44.2 Å². The Labute approximate surface area is 207 Å². The van der Waals surface area contributed by atoms with Crippen LogP contribution >= 0.6 is 0 Å². The average Bonchev–Trinajstić information content (AvgIpc) is 2.94. The van der Waals surface area contributed by atoms with Gasteiger partial charge in [0.15, 0.2) is 0 Å². The summed E-state index contributed by atoms with van der Waals surface area (Å²) in [5, 5.41) is 6.25. The number of rotatable bonds is 5. The number of benzene rings is 5. The SMILES string of the molecule is C1=CC(c2ccccc2-c2ccccc2Nc2ccc(-c3ccccc3)c3ccccc23)=CCC1. The molecule has 0 radical (unpaired) electrons. The predicted molar refractivity (Wildman–Crippen MR) is 151 cm³/mol. The second kappa shape index (κ2) is 9.48. The van der Waals surface area contributed by atoms with Gasteiger partial charge < -0.3 is 5.32 Å². The number of para-hydroxylation sites is 1. The molecular formula is C34H27N. The molecule has 0 saturated carbocycles. The van der Waals surface area contributed by atoms with Crippen molar-refractivity contribution < 1.29 is 0 Å². The fraction of sp³-hybridized carbons (Fsp3) is 0.0588. The van der Waals surface area contributed by atoms with Crippen molar-refractivity contribution >= 4 is 27.7 Å². The molecule has 0 fully saturated rings. The first-order valence-electron chi connectivity index (χ1n) is 12.3. The van der Waals surface area contributed by atoms with Gasteiger partial charge in [-0.2, -0.15) is 0 Å². The highest BCUT2D eigenvalue weighted by Gasteiger charge is 2.14. The molecule has 1 nitrogen and oxygen atoms in total.